The van der Waals surface area contributed by atoms with Gasteiger partial charge in [-0.1, -0.05) is 0 Å². The Hall–Kier alpha value is -1.49. The van der Waals surface area contributed by atoms with Crippen LogP contribution in [-0.4, -0.2) is 23.4 Å². The molecular formula is C13H21FN2O2. The third-order valence-electron chi connectivity index (χ3n) is 2.91. The molecule has 0 amide bonds. The van der Waals surface area contributed by atoms with E-state index in [1.165, 1.54) is 12.1 Å². The van der Waals surface area contributed by atoms with Gasteiger partial charge in [-0.25, -0.2) is 4.39 Å². The van der Waals surface area contributed by atoms with Gasteiger partial charge < -0.3 is 20.9 Å². The van der Waals surface area contributed by atoms with Crippen LogP contribution in [0.1, 0.15) is 27.7 Å². The van der Waals surface area contributed by atoms with Crippen LogP contribution in [0.4, 0.5) is 15.8 Å². The molecule has 4 N–H and O–H groups in total. The summed E-state index contributed by atoms with van der Waals surface area (Å²) in [6.07, 6.45) is -0.586. The lowest BCUT2D eigenvalue weighted by atomic mass is 9.98. The summed E-state index contributed by atoms with van der Waals surface area (Å²) in [5, 5.41) is 12.7. The fourth-order valence-electron chi connectivity index (χ4n) is 1.39. The van der Waals surface area contributed by atoms with Gasteiger partial charge in [-0.15, -0.1) is 0 Å². The monoisotopic (exact) mass is 256 g/mol. The Morgan fingerprint density at radius 2 is 2.11 bits per heavy atom. The van der Waals surface area contributed by atoms with Crippen LogP contribution in [0.5, 0.6) is 5.75 Å². The van der Waals surface area contributed by atoms with Crippen molar-refractivity contribution in [2.45, 2.75) is 39.3 Å². The number of aliphatic hydroxyl groups excluding tert-OH is 1. The highest BCUT2D eigenvalue weighted by molar-refractivity contribution is 5.69. The smallest absolute Gasteiger partial charge is 0.167 e. The summed E-state index contributed by atoms with van der Waals surface area (Å²) < 4.78 is 18.7. The fourth-order valence-corrected chi connectivity index (χ4v) is 1.39. The summed E-state index contributed by atoms with van der Waals surface area (Å²) in [5.41, 5.74) is 6.01. The standard InChI is InChI=1S/C13H21FN2O2/c1-5-18-12-7-11(10(15)6-9(12)14)16-13(3,4)8(2)17/h6-8,16-17H,5,15H2,1-4H3. The minimum atomic E-state index is -0.586. The van der Waals surface area contributed by atoms with Gasteiger partial charge in [0.05, 0.1) is 29.6 Å². The number of halogens is 1. The van der Waals surface area contributed by atoms with Crippen molar-refractivity contribution >= 4 is 11.4 Å². The van der Waals surface area contributed by atoms with Crippen LogP contribution in [0, 0.1) is 5.82 Å². The van der Waals surface area contributed by atoms with Crippen LogP contribution >= 0.6 is 0 Å². The molecule has 0 aliphatic carbocycles. The molecule has 1 atom stereocenters. The van der Waals surface area contributed by atoms with Gasteiger partial charge >= 0.3 is 0 Å². The maximum Gasteiger partial charge on any atom is 0.167 e. The molecule has 0 saturated carbocycles. The molecule has 0 aromatic heterocycles. The van der Waals surface area contributed by atoms with Gasteiger partial charge in [-0.2, -0.15) is 0 Å². The number of nitrogen functional groups attached to an aromatic ring is 1. The summed E-state index contributed by atoms with van der Waals surface area (Å²) in [5.74, 6) is -0.342. The highest BCUT2D eigenvalue weighted by Crippen LogP contribution is 2.30. The van der Waals surface area contributed by atoms with Crippen LogP contribution in [0.15, 0.2) is 12.1 Å². The van der Waals surface area contributed by atoms with Crippen molar-refractivity contribution in [1.29, 1.82) is 0 Å². The van der Waals surface area contributed by atoms with E-state index in [-0.39, 0.29) is 11.4 Å². The lowest BCUT2D eigenvalue weighted by Gasteiger charge is -2.31. The van der Waals surface area contributed by atoms with E-state index in [0.29, 0.717) is 12.3 Å². The Morgan fingerprint density at radius 3 is 2.61 bits per heavy atom. The maximum atomic E-state index is 13.5. The Kier molecular flexibility index (Phi) is 4.40. The number of nitrogens with two attached hydrogens (primary N) is 1. The van der Waals surface area contributed by atoms with E-state index in [2.05, 4.69) is 5.32 Å². The lowest BCUT2D eigenvalue weighted by Crippen LogP contribution is -2.42. The molecule has 1 aromatic rings. The number of aliphatic hydroxyl groups is 1. The lowest BCUT2D eigenvalue weighted by molar-refractivity contribution is 0.133. The first kappa shape index (κ1) is 14.6. The van der Waals surface area contributed by atoms with Gasteiger partial charge in [-0.05, 0) is 27.7 Å². The summed E-state index contributed by atoms with van der Waals surface area (Å²) in [4.78, 5) is 0. The predicted molar refractivity (Wildman–Crippen MR) is 71.4 cm³/mol. The van der Waals surface area contributed by atoms with Crippen LogP contribution in [-0.2, 0) is 0 Å². The van der Waals surface area contributed by atoms with E-state index < -0.39 is 17.5 Å². The summed E-state index contributed by atoms with van der Waals surface area (Å²) in [6, 6.07) is 2.73. The van der Waals surface area contributed by atoms with E-state index in [1.807, 2.05) is 13.8 Å². The largest absolute Gasteiger partial charge is 0.491 e. The molecule has 0 aliphatic heterocycles. The first-order chi connectivity index (χ1) is 8.27. The minimum absolute atomic E-state index is 0.149. The van der Waals surface area contributed by atoms with Crippen molar-refractivity contribution in [2.24, 2.45) is 0 Å². The number of hydrogen-bond donors (Lipinski definition) is 3. The number of nitrogens with one attached hydrogen (secondary N) is 1. The van der Waals surface area contributed by atoms with Gasteiger partial charge in [-0.3, -0.25) is 0 Å². The van der Waals surface area contributed by atoms with E-state index in [4.69, 9.17) is 10.5 Å². The Balaban J connectivity index is 3.05. The molecule has 102 valence electrons. The van der Waals surface area contributed by atoms with Crippen molar-refractivity contribution in [2.75, 3.05) is 17.7 Å². The molecule has 0 saturated heterocycles. The van der Waals surface area contributed by atoms with Gasteiger partial charge in [0.15, 0.2) is 11.6 Å². The van der Waals surface area contributed by atoms with Crippen molar-refractivity contribution in [3.05, 3.63) is 17.9 Å². The molecule has 1 rings (SSSR count). The third kappa shape index (κ3) is 3.26. The zero-order valence-corrected chi connectivity index (χ0v) is 11.2. The number of hydrogen-bond acceptors (Lipinski definition) is 4. The second kappa shape index (κ2) is 5.44. The van der Waals surface area contributed by atoms with Crippen LogP contribution < -0.4 is 15.8 Å². The quantitative estimate of drug-likeness (QED) is 0.708. The average molecular weight is 256 g/mol. The number of ether oxygens (including phenoxy) is 1. The van der Waals surface area contributed by atoms with Crippen LogP contribution in [0.2, 0.25) is 0 Å². The van der Waals surface area contributed by atoms with Crippen LogP contribution in [0.3, 0.4) is 0 Å². The molecule has 0 aliphatic rings. The molecule has 0 spiro atoms. The molecule has 1 aromatic carbocycles. The SMILES string of the molecule is CCOc1cc(NC(C)(C)C(C)O)c(N)cc1F. The fraction of sp³-hybridized carbons (Fsp3) is 0.538. The van der Waals surface area contributed by atoms with Crippen molar-refractivity contribution in [1.82, 2.24) is 0 Å². The van der Waals surface area contributed by atoms with E-state index in [0.717, 1.165) is 0 Å². The Bertz CT molecular complexity index is 420. The molecule has 0 radical (unpaired) electrons. The van der Waals surface area contributed by atoms with E-state index in [9.17, 15) is 9.50 Å². The maximum absolute atomic E-state index is 13.5. The molecule has 0 fully saturated rings. The minimum Gasteiger partial charge on any atom is -0.491 e. The first-order valence-electron chi connectivity index (χ1n) is 5.96. The first-order valence-corrected chi connectivity index (χ1v) is 5.96. The van der Waals surface area contributed by atoms with Crippen molar-refractivity contribution in [3.63, 3.8) is 0 Å². The Morgan fingerprint density at radius 1 is 1.50 bits per heavy atom. The topological polar surface area (TPSA) is 67.5 Å². The number of benzene rings is 1. The number of rotatable bonds is 5. The molecule has 0 heterocycles. The van der Waals surface area contributed by atoms with E-state index >= 15 is 0 Å². The highest BCUT2D eigenvalue weighted by Gasteiger charge is 2.25. The third-order valence-corrected chi connectivity index (χ3v) is 2.91. The predicted octanol–water partition coefficient (Wildman–Crippen LogP) is 2.38. The molecule has 0 bridgehead atoms. The zero-order valence-electron chi connectivity index (χ0n) is 11.2. The van der Waals surface area contributed by atoms with Crippen molar-refractivity contribution < 1.29 is 14.2 Å². The highest BCUT2D eigenvalue weighted by atomic mass is 19.1. The summed E-state index contributed by atoms with van der Waals surface area (Å²) >= 11 is 0. The Labute approximate surface area is 107 Å². The number of anilines is 2. The molecular weight excluding hydrogens is 235 g/mol. The average Bonchev–Trinajstić information content (AvgIpc) is 2.24. The second-order valence-corrected chi connectivity index (χ2v) is 4.83. The molecule has 5 heteroatoms. The summed E-state index contributed by atoms with van der Waals surface area (Å²) in [7, 11) is 0. The molecule has 4 nitrogen and oxygen atoms in total. The van der Waals surface area contributed by atoms with Gasteiger partial charge in [0.1, 0.15) is 0 Å². The summed E-state index contributed by atoms with van der Waals surface area (Å²) in [6.45, 7) is 7.50. The normalized spacial score (nSPS) is 13.2. The molecule has 1 unspecified atom stereocenters. The molecule has 18 heavy (non-hydrogen) atoms. The van der Waals surface area contributed by atoms with Gasteiger partial charge in [0, 0.05) is 12.1 Å². The van der Waals surface area contributed by atoms with Gasteiger partial charge in [0.2, 0.25) is 0 Å². The van der Waals surface area contributed by atoms with Crippen LogP contribution in [0.25, 0.3) is 0 Å². The van der Waals surface area contributed by atoms with Crippen molar-refractivity contribution in [3.8, 4) is 5.75 Å². The zero-order chi connectivity index (χ0) is 13.9. The van der Waals surface area contributed by atoms with E-state index in [1.54, 1.807) is 13.8 Å². The second-order valence-electron chi connectivity index (χ2n) is 4.83. The van der Waals surface area contributed by atoms with Gasteiger partial charge in [0.25, 0.3) is 0 Å².